The van der Waals surface area contributed by atoms with Crippen molar-refractivity contribution in [3.8, 4) is 17.0 Å². The predicted molar refractivity (Wildman–Crippen MR) is 109 cm³/mol. The molecule has 3 rings (SSSR count). The monoisotopic (exact) mass is 363 g/mol. The minimum absolute atomic E-state index is 0.00107. The number of imidazole rings is 1. The largest absolute Gasteiger partial charge is 0.492 e. The second-order valence-electron chi connectivity index (χ2n) is 6.79. The van der Waals surface area contributed by atoms with Crippen LogP contribution in [0.25, 0.3) is 11.3 Å². The van der Waals surface area contributed by atoms with Gasteiger partial charge in [-0.2, -0.15) is 0 Å². The van der Waals surface area contributed by atoms with Crippen LogP contribution in [-0.2, 0) is 6.54 Å². The number of aromatic nitrogens is 2. The molecule has 0 saturated heterocycles. The number of nitrogens with two attached hydrogens (primary N) is 1. The third kappa shape index (κ3) is 4.88. The molecule has 0 radical (unpaired) electrons. The Morgan fingerprint density at radius 1 is 1.22 bits per heavy atom. The quantitative estimate of drug-likeness (QED) is 0.359. The highest BCUT2D eigenvalue weighted by Crippen LogP contribution is 2.24. The summed E-state index contributed by atoms with van der Waals surface area (Å²) >= 11 is 0. The number of amidine groups is 1. The maximum atomic E-state index is 7.72. The number of nitrogens with zero attached hydrogens (tertiary/aromatic N) is 1. The highest BCUT2D eigenvalue weighted by molar-refractivity contribution is 5.98. The molecule has 3 aromatic rings. The van der Waals surface area contributed by atoms with Crippen LogP contribution in [0.15, 0.2) is 54.7 Å². The van der Waals surface area contributed by atoms with Crippen LogP contribution in [0, 0.1) is 11.3 Å². The second kappa shape index (κ2) is 8.40. The number of nitrogens with one attached hydrogen (secondary N) is 3. The smallest absolute Gasteiger partial charge is 0.132 e. The Kier molecular flexibility index (Phi) is 5.76. The molecule has 6 heteroatoms. The molecule has 0 atom stereocenters. The zero-order chi connectivity index (χ0) is 19.2. The molecular weight excluding hydrogens is 338 g/mol. The summed E-state index contributed by atoms with van der Waals surface area (Å²) in [6, 6.07) is 15.7. The fraction of sp³-hybridized carbons (Fsp3) is 0.238. The number of hydrogen-bond acceptors (Lipinski definition) is 4. The van der Waals surface area contributed by atoms with E-state index in [2.05, 4.69) is 29.1 Å². The fourth-order valence-electron chi connectivity index (χ4n) is 2.63. The van der Waals surface area contributed by atoms with Gasteiger partial charge in [0.2, 0.25) is 0 Å². The van der Waals surface area contributed by atoms with Crippen LogP contribution in [0.5, 0.6) is 5.75 Å². The number of rotatable bonds is 8. The van der Waals surface area contributed by atoms with Crippen LogP contribution in [-0.4, -0.2) is 22.4 Å². The van der Waals surface area contributed by atoms with Crippen molar-refractivity contribution in [1.29, 1.82) is 5.41 Å². The van der Waals surface area contributed by atoms with Crippen molar-refractivity contribution in [2.75, 3.05) is 11.9 Å². The van der Waals surface area contributed by atoms with Crippen molar-refractivity contribution in [2.45, 2.75) is 20.4 Å². The molecule has 0 spiro atoms. The van der Waals surface area contributed by atoms with Gasteiger partial charge < -0.3 is 20.8 Å². The molecule has 1 aromatic heterocycles. The lowest BCUT2D eigenvalue weighted by Crippen LogP contribution is -2.15. The second-order valence-corrected chi connectivity index (χ2v) is 6.79. The van der Waals surface area contributed by atoms with E-state index in [1.165, 1.54) is 0 Å². The molecule has 0 saturated carbocycles. The summed E-state index contributed by atoms with van der Waals surface area (Å²) < 4.78 is 5.83. The molecule has 1 heterocycles. The van der Waals surface area contributed by atoms with Crippen LogP contribution in [0.2, 0.25) is 0 Å². The Morgan fingerprint density at radius 3 is 2.70 bits per heavy atom. The third-order valence-corrected chi connectivity index (χ3v) is 4.02. The van der Waals surface area contributed by atoms with E-state index in [1.807, 2.05) is 48.7 Å². The Labute approximate surface area is 159 Å². The first kappa shape index (κ1) is 18.5. The maximum Gasteiger partial charge on any atom is 0.132 e. The summed E-state index contributed by atoms with van der Waals surface area (Å²) in [5, 5.41) is 11.1. The molecule has 27 heavy (non-hydrogen) atoms. The number of ether oxygens (including phenoxy) is 1. The summed E-state index contributed by atoms with van der Waals surface area (Å²) in [7, 11) is 0. The normalized spacial score (nSPS) is 10.8. The van der Waals surface area contributed by atoms with Crippen molar-refractivity contribution >= 4 is 11.5 Å². The Hall–Kier alpha value is -3.28. The van der Waals surface area contributed by atoms with E-state index in [0.29, 0.717) is 30.4 Å². The van der Waals surface area contributed by atoms with Crippen molar-refractivity contribution in [2.24, 2.45) is 11.7 Å². The van der Waals surface area contributed by atoms with Crippen LogP contribution in [0.4, 0.5) is 5.69 Å². The van der Waals surface area contributed by atoms with Gasteiger partial charge >= 0.3 is 0 Å². The van der Waals surface area contributed by atoms with E-state index in [0.717, 1.165) is 22.8 Å². The summed E-state index contributed by atoms with van der Waals surface area (Å²) in [6.07, 6.45) is 1.84. The third-order valence-electron chi connectivity index (χ3n) is 4.02. The van der Waals surface area contributed by atoms with Gasteiger partial charge in [-0.05, 0) is 23.6 Å². The van der Waals surface area contributed by atoms with E-state index in [9.17, 15) is 0 Å². The summed E-state index contributed by atoms with van der Waals surface area (Å²) in [6.45, 7) is 5.28. The first-order valence-electron chi connectivity index (χ1n) is 8.97. The molecule has 5 N–H and O–H groups in total. The minimum atomic E-state index is -0.00107. The van der Waals surface area contributed by atoms with E-state index >= 15 is 0 Å². The minimum Gasteiger partial charge on any atom is -0.492 e. The molecule has 0 aliphatic rings. The van der Waals surface area contributed by atoms with Crippen LogP contribution < -0.4 is 15.8 Å². The lowest BCUT2D eigenvalue weighted by Gasteiger charge is -2.14. The Balaban J connectivity index is 1.69. The van der Waals surface area contributed by atoms with Gasteiger partial charge in [0.25, 0.3) is 0 Å². The van der Waals surface area contributed by atoms with E-state index in [1.54, 1.807) is 6.07 Å². The van der Waals surface area contributed by atoms with Gasteiger partial charge in [-0.15, -0.1) is 0 Å². The number of nitrogen functional groups attached to an aromatic ring is 1. The summed E-state index contributed by atoms with van der Waals surface area (Å²) in [5.74, 6) is 1.85. The molecule has 6 nitrogen and oxygen atoms in total. The zero-order valence-corrected chi connectivity index (χ0v) is 15.6. The van der Waals surface area contributed by atoms with Crippen molar-refractivity contribution in [1.82, 2.24) is 9.97 Å². The van der Waals surface area contributed by atoms with Gasteiger partial charge in [0, 0.05) is 11.8 Å². The molecule has 0 unspecified atom stereocenters. The van der Waals surface area contributed by atoms with Crippen LogP contribution in [0.3, 0.4) is 0 Å². The number of hydrogen-bond donors (Lipinski definition) is 4. The fourth-order valence-corrected chi connectivity index (χ4v) is 2.63. The molecule has 0 aliphatic carbocycles. The number of aromatic amines is 1. The van der Waals surface area contributed by atoms with Crippen molar-refractivity contribution in [3.05, 3.63) is 66.1 Å². The van der Waals surface area contributed by atoms with Gasteiger partial charge in [-0.25, -0.2) is 4.98 Å². The molecule has 0 bridgehead atoms. The molecular formula is C21H25N5O. The summed E-state index contributed by atoms with van der Waals surface area (Å²) in [4.78, 5) is 7.76. The van der Waals surface area contributed by atoms with Crippen LogP contribution >= 0.6 is 0 Å². The number of benzene rings is 2. The van der Waals surface area contributed by atoms with Crippen molar-refractivity contribution in [3.63, 3.8) is 0 Å². The first-order valence-corrected chi connectivity index (χ1v) is 8.97. The number of H-pyrrole nitrogens is 1. The number of anilines is 1. The Bertz CT molecular complexity index is 902. The average molecular weight is 363 g/mol. The SMILES string of the molecule is CC(C)COc1cc(NCc2ncc(-c3ccccc3)[nH]2)ccc1C(=N)N. The zero-order valence-electron chi connectivity index (χ0n) is 15.6. The first-order chi connectivity index (χ1) is 13.0. The van der Waals surface area contributed by atoms with E-state index in [-0.39, 0.29) is 5.84 Å². The molecule has 0 aliphatic heterocycles. The topological polar surface area (TPSA) is 99.8 Å². The van der Waals surface area contributed by atoms with E-state index < -0.39 is 0 Å². The standard InChI is InChI=1S/C21H25N5O/c1-14(2)13-27-19-10-16(8-9-17(19)21(22)23)24-12-20-25-11-18(26-20)15-6-4-3-5-7-15/h3-11,14,24H,12-13H2,1-2H3,(H3,22,23)(H,25,26). The van der Waals surface area contributed by atoms with Gasteiger partial charge in [-0.1, -0.05) is 44.2 Å². The molecule has 2 aromatic carbocycles. The van der Waals surface area contributed by atoms with Gasteiger partial charge in [0.15, 0.2) is 0 Å². The maximum absolute atomic E-state index is 7.72. The van der Waals surface area contributed by atoms with Gasteiger partial charge in [0.1, 0.15) is 17.4 Å². The van der Waals surface area contributed by atoms with E-state index in [4.69, 9.17) is 15.9 Å². The van der Waals surface area contributed by atoms with Crippen molar-refractivity contribution < 1.29 is 4.74 Å². The highest BCUT2D eigenvalue weighted by atomic mass is 16.5. The van der Waals surface area contributed by atoms with Gasteiger partial charge in [0.05, 0.1) is 30.6 Å². The van der Waals surface area contributed by atoms with Gasteiger partial charge in [-0.3, -0.25) is 5.41 Å². The molecule has 0 fully saturated rings. The average Bonchev–Trinajstić information content (AvgIpc) is 3.14. The molecule has 0 amide bonds. The lowest BCUT2D eigenvalue weighted by atomic mass is 10.1. The van der Waals surface area contributed by atoms with Crippen LogP contribution in [0.1, 0.15) is 25.2 Å². The predicted octanol–water partition coefficient (Wildman–Crippen LogP) is 4.01. The summed E-state index contributed by atoms with van der Waals surface area (Å²) in [5.41, 5.74) is 9.24. The Morgan fingerprint density at radius 2 is 2.00 bits per heavy atom. The lowest BCUT2D eigenvalue weighted by molar-refractivity contribution is 0.270. The molecule has 140 valence electrons. The highest BCUT2D eigenvalue weighted by Gasteiger charge is 2.10.